The quantitative estimate of drug-likeness (QED) is 0.761. The van der Waals surface area contributed by atoms with E-state index >= 15 is 0 Å². The first-order chi connectivity index (χ1) is 7.21. The van der Waals surface area contributed by atoms with E-state index in [9.17, 15) is 13.2 Å². The zero-order chi connectivity index (χ0) is 12.5. The molecule has 0 N–H and O–H groups in total. The Bertz CT molecular complexity index is 523. The Labute approximate surface area is 99.2 Å². The summed E-state index contributed by atoms with van der Waals surface area (Å²) in [4.78, 5) is 13.0. The van der Waals surface area contributed by atoms with Crippen LogP contribution in [0.2, 0.25) is 0 Å². The molecule has 1 amide bonds. The molecule has 16 heavy (non-hydrogen) atoms. The maximum absolute atomic E-state index is 11.7. The highest BCUT2D eigenvalue weighted by Crippen LogP contribution is 2.19. The smallest absolute Gasteiger partial charge is 0.261 e. The number of rotatable bonds is 2. The highest BCUT2D eigenvalue weighted by molar-refractivity contribution is 8.13. The standard InChI is InChI=1S/C10H12ClNO3S/c1-7-4-8(10(13)12(2)3)6-9(5-7)16(11,14)15/h4-6H,1-3H3. The summed E-state index contributed by atoms with van der Waals surface area (Å²) in [6.07, 6.45) is 0. The molecular formula is C10H12ClNO3S. The van der Waals surface area contributed by atoms with Gasteiger partial charge in [0.05, 0.1) is 4.90 Å². The summed E-state index contributed by atoms with van der Waals surface area (Å²) >= 11 is 0. The molecule has 0 unspecified atom stereocenters. The molecule has 88 valence electrons. The summed E-state index contributed by atoms with van der Waals surface area (Å²) in [5.74, 6) is -0.259. The first kappa shape index (κ1) is 13.0. The fourth-order valence-corrected chi connectivity index (χ4v) is 2.13. The van der Waals surface area contributed by atoms with Gasteiger partial charge in [-0.15, -0.1) is 0 Å². The van der Waals surface area contributed by atoms with Crippen LogP contribution in [0.1, 0.15) is 15.9 Å². The predicted octanol–water partition coefficient (Wildman–Crippen LogP) is 1.62. The van der Waals surface area contributed by atoms with Gasteiger partial charge in [-0.3, -0.25) is 4.79 Å². The van der Waals surface area contributed by atoms with Crippen LogP contribution in [0.15, 0.2) is 23.1 Å². The van der Waals surface area contributed by atoms with Crippen molar-refractivity contribution in [2.45, 2.75) is 11.8 Å². The number of halogens is 1. The van der Waals surface area contributed by atoms with Crippen LogP contribution in [0.3, 0.4) is 0 Å². The molecule has 0 aliphatic rings. The fourth-order valence-electron chi connectivity index (χ4n) is 1.27. The lowest BCUT2D eigenvalue weighted by atomic mass is 10.1. The van der Waals surface area contributed by atoms with Crippen molar-refractivity contribution in [1.82, 2.24) is 4.90 Å². The molecule has 4 nitrogen and oxygen atoms in total. The molecule has 0 radical (unpaired) electrons. The summed E-state index contributed by atoms with van der Waals surface area (Å²) in [5.41, 5.74) is 0.983. The molecular weight excluding hydrogens is 250 g/mol. The van der Waals surface area contributed by atoms with Crippen LogP contribution in [-0.4, -0.2) is 33.3 Å². The Kier molecular flexibility index (Phi) is 3.60. The number of carbonyl (C=O) groups excluding carboxylic acids is 1. The molecule has 0 saturated carbocycles. The normalized spacial score (nSPS) is 11.2. The first-order valence-electron chi connectivity index (χ1n) is 4.50. The van der Waals surface area contributed by atoms with Crippen molar-refractivity contribution in [3.8, 4) is 0 Å². The number of hydrogen-bond acceptors (Lipinski definition) is 3. The van der Waals surface area contributed by atoms with Gasteiger partial charge in [0.15, 0.2) is 0 Å². The summed E-state index contributed by atoms with van der Waals surface area (Å²) in [5, 5.41) is 0. The molecule has 0 spiro atoms. The summed E-state index contributed by atoms with van der Waals surface area (Å²) in [6.45, 7) is 1.71. The number of benzene rings is 1. The van der Waals surface area contributed by atoms with Crippen LogP contribution in [0.25, 0.3) is 0 Å². The van der Waals surface area contributed by atoms with Crippen molar-refractivity contribution in [2.75, 3.05) is 14.1 Å². The number of hydrogen-bond donors (Lipinski definition) is 0. The molecule has 1 aromatic carbocycles. The molecule has 0 aromatic heterocycles. The van der Waals surface area contributed by atoms with Gasteiger partial charge >= 0.3 is 0 Å². The number of aryl methyl sites for hydroxylation is 1. The van der Waals surface area contributed by atoms with Crippen molar-refractivity contribution in [3.63, 3.8) is 0 Å². The second kappa shape index (κ2) is 4.43. The van der Waals surface area contributed by atoms with Gasteiger partial charge in [0.2, 0.25) is 0 Å². The van der Waals surface area contributed by atoms with E-state index in [-0.39, 0.29) is 10.8 Å². The molecule has 1 aromatic rings. The Balaban J connectivity index is 3.35. The van der Waals surface area contributed by atoms with Crippen LogP contribution in [0, 0.1) is 6.92 Å². The Morgan fingerprint density at radius 3 is 2.25 bits per heavy atom. The number of carbonyl (C=O) groups is 1. The Hall–Kier alpha value is -1.07. The van der Waals surface area contributed by atoms with E-state index in [0.29, 0.717) is 11.1 Å². The average Bonchev–Trinajstić information content (AvgIpc) is 2.14. The monoisotopic (exact) mass is 261 g/mol. The second-order valence-corrected chi connectivity index (χ2v) is 6.24. The SMILES string of the molecule is Cc1cc(C(=O)N(C)C)cc(S(=O)(=O)Cl)c1. The van der Waals surface area contributed by atoms with E-state index in [1.54, 1.807) is 27.1 Å². The van der Waals surface area contributed by atoms with Crippen LogP contribution in [-0.2, 0) is 9.05 Å². The van der Waals surface area contributed by atoms with Gasteiger partial charge < -0.3 is 4.90 Å². The maximum atomic E-state index is 11.7. The van der Waals surface area contributed by atoms with E-state index < -0.39 is 9.05 Å². The van der Waals surface area contributed by atoms with Gasteiger partial charge in [-0.05, 0) is 30.7 Å². The molecule has 0 fully saturated rings. The first-order valence-corrected chi connectivity index (χ1v) is 6.81. The third-order valence-electron chi connectivity index (χ3n) is 1.99. The van der Waals surface area contributed by atoms with E-state index in [1.165, 1.54) is 17.0 Å². The summed E-state index contributed by atoms with van der Waals surface area (Å²) in [7, 11) is 4.62. The maximum Gasteiger partial charge on any atom is 0.261 e. The van der Waals surface area contributed by atoms with Crippen LogP contribution < -0.4 is 0 Å². The highest BCUT2D eigenvalue weighted by atomic mass is 35.7. The van der Waals surface area contributed by atoms with Crippen molar-refractivity contribution in [1.29, 1.82) is 0 Å². The van der Waals surface area contributed by atoms with E-state index in [0.717, 1.165) is 0 Å². The molecule has 0 aliphatic heterocycles. The molecule has 0 bridgehead atoms. The fraction of sp³-hybridized carbons (Fsp3) is 0.300. The van der Waals surface area contributed by atoms with Crippen molar-refractivity contribution >= 4 is 25.6 Å². The van der Waals surface area contributed by atoms with Gasteiger partial charge in [0, 0.05) is 30.3 Å². The molecule has 0 saturated heterocycles. The molecule has 0 heterocycles. The van der Waals surface area contributed by atoms with Crippen molar-refractivity contribution in [2.24, 2.45) is 0 Å². The van der Waals surface area contributed by atoms with Crippen LogP contribution in [0.5, 0.6) is 0 Å². The minimum absolute atomic E-state index is 0.0561. The molecule has 6 heteroatoms. The highest BCUT2D eigenvalue weighted by Gasteiger charge is 2.15. The van der Waals surface area contributed by atoms with Crippen molar-refractivity contribution in [3.05, 3.63) is 29.3 Å². The van der Waals surface area contributed by atoms with Gasteiger partial charge in [-0.25, -0.2) is 8.42 Å². The lowest BCUT2D eigenvalue weighted by molar-refractivity contribution is 0.0827. The van der Waals surface area contributed by atoms with Crippen LogP contribution >= 0.6 is 10.7 Å². The second-order valence-electron chi connectivity index (χ2n) is 3.67. The van der Waals surface area contributed by atoms with Gasteiger partial charge in [0.25, 0.3) is 15.0 Å². The summed E-state index contributed by atoms with van der Waals surface area (Å²) in [6, 6.07) is 4.32. The van der Waals surface area contributed by atoms with Gasteiger partial charge in [-0.2, -0.15) is 0 Å². The predicted molar refractivity (Wildman–Crippen MR) is 62.2 cm³/mol. The Morgan fingerprint density at radius 1 is 1.25 bits per heavy atom. The van der Waals surface area contributed by atoms with Gasteiger partial charge in [-0.1, -0.05) is 0 Å². The number of amides is 1. The van der Waals surface area contributed by atoms with Gasteiger partial charge in [0.1, 0.15) is 0 Å². The van der Waals surface area contributed by atoms with Crippen molar-refractivity contribution < 1.29 is 13.2 Å². The molecule has 0 atom stereocenters. The lowest BCUT2D eigenvalue weighted by Crippen LogP contribution is -2.21. The average molecular weight is 262 g/mol. The van der Waals surface area contributed by atoms with E-state index in [1.807, 2.05) is 0 Å². The zero-order valence-electron chi connectivity index (χ0n) is 9.19. The molecule has 0 aliphatic carbocycles. The van der Waals surface area contributed by atoms with E-state index in [2.05, 4.69) is 0 Å². The third-order valence-corrected chi connectivity index (χ3v) is 3.32. The largest absolute Gasteiger partial charge is 0.345 e. The van der Waals surface area contributed by atoms with Crippen LogP contribution in [0.4, 0.5) is 0 Å². The number of nitrogens with zero attached hydrogens (tertiary/aromatic N) is 1. The lowest BCUT2D eigenvalue weighted by Gasteiger charge is -2.11. The minimum atomic E-state index is -3.81. The zero-order valence-corrected chi connectivity index (χ0v) is 10.8. The molecule has 1 rings (SSSR count). The topological polar surface area (TPSA) is 54.5 Å². The summed E-state index contributed by atoms with van der Waals surface area (Å²) < 4.78 is 22.3. The third kappa shape index (κ3) is 2.96. The van der Waals surface area contributed by atoms with E-state index in [4.69, 9.17) is 10.7 Å². The minimum Gasteiger partial charge on any atom is -0.345 e. The Morgan fingerprint density at radius 2 is 1.81 bits per heavy atom.